The van der Waals surface area contributed by atoms with Crippen LogP contribution in [0.3, 0.4) is 0 Å². The van der Waals surface area contributed by atoms with Crippen LogP contribution in [-0.2, 0) is 24.3 Å². The van der Waals surface area contributed by atoms with Gasteiger partial charge in [0.2, 0.25) is 0 Å². The molecule has 0 bridgehead atoms. The van der Waals surface area contributed by atoms with Crippen molar-refractivity contribution >= 4 is 21.9 Å². The van der Waals surface area contributed by atoms with Crippen LogP contribution in [0.25, 0.3) is 0 Å². The van der Waals surface area contributed by atoms with Crippen molar-refractivity contribution in [1.29, 1.82) is 0 Å². The summed E-state index contributed by atoms with van der Waals surface area (Å²) in [5, 5.41) is 9.36. The molecule has 2 saturated heterocycles. The third-order valence-corrected chi connectivity index (χ3v) is 6.37. The molecule has 0 saturated carbocycles. The van der Waals surface area contributed by atoms with Crippen LogP contribution in [0.4, 0.5) is 0 Å². The van der Waals surface area contributed by atoms with Crippen molar-refractivity contribution in [2.75, 3.05) is 19.8 Å². The summed E-state index contributed by atoms with van der Waals surface area (Å²) in [5.41, 5.74) is -1.22. The van der Waals surface area contributed by atoms with Crippen LogP contribution >= 0.6 is 0 Å². The molecule has 2 rings (SSSR count). The summed E-state index contributed by atoms with van der Waals surface area (Å²) >= 11 is 0. The number of sulfonamides is 1. The van der Waals surface area contributed by atoms with Crippen molar-refractivity contribution in [1.82, 2.24) is 4.31 Å². The first-order valence-electron chi connectivity index (χ1n) is 6.03. The van der Waals surface area contributed by atoms with Gasteiger partial charge in [0.1, 0.15) is 0 Å². The highest BCUT2D eigenvalue weighted by Gasteiger charge is 2.62. The lowest BCUT2D eigenvalue weighted by Gasteiger charge is -2.47. The van der Waals surface area contributed by atoms with E-state index in [1.165, 1.54) is 13.8 Å². The minimum Gasteiger partial charge on any atom is -0.481 e. The second-order valence-electron chi connectivity index (χ2n) is 5.52. The number of carbonyl (C=O) groups is 2. The predicted octanol–water partition coefficient (Wildman–Crippen LogP) is -0.182. The van der Waals surface area contributed by atoms with Gasteiger partial charge in [0, 0.05) is 13.2 Å². The third-order valence-electron chi connectivity index (χ3n) is 4.03. The van der Waals surface area contributed by atoms with E-state index in [4.69, 9.17) is 4.74 Å². The molecule has 0 aromatic heterocycles. The molecular weight excluding hydrogens is 274 g/mol. The molecule has 0 aromatic rings. The zero-order valence-corrected chi connectivity index (χ0v) is 11.7. The molecule has 1 N–H and O–H groups in total. The summed E-state index contributed by atoms with van der Waals surface area (Å²) in [4.78, 5) is 23.3. The van der Waals surface area contributed by atoms with Gasteiger partial charge in [0.25, 0.3) is 15.9 Å². The zero-order valence-electron chi connectivity index (χ0n) is 10.9. The monoisotopic (exact) mass is 291 g/mol. The second kappa shape index (κ2) is 4.17. The maximum atomic E-state index is 12.0. The second-order valence-corrected chi connectivity index (χ2v) is 7.94. The molecule has 2 heterocycles. The molecule has 108 valence electrons. The number of nitrogens with zero attached hydrogens (tertiary/aromatic N) is 1. The van der Waals surface area contributed by atoms with Gasteiger partial charge in [-0.05, 0) is 26.7 Å². The topological polar surface area (TPSA) is 101 Å². The molecule has 0 radical (unpaired) electrons. The van der Waals surface area contributed by atoms with Gasteiger partial charge in [0.15, 0.2) is 4.75 Å². The highest BCUT2D eigenvalue weighted by Crippen LogP contribution is 2.40. The summed E-state index contributed by atoms with van der Waals surface area (Å²) < 4.78 is 28.4. The van der Waals surface area contributed by atoms with Gasteiger partial charge in [0.05, 0.1) is 12.0 Å². The van der Waals surface area contributed by atoms with E-state index in [1.807, 2.05) is 0 Å². The number of carboxylic acid groups (broad SMARTS) is 1. The number of hydrogen-bond donors (Lipinski definition) is 1. The Morgan fingerprint density at radius 2 is 1.89 bits per heavy atom. The number of amides is 1. The Bertz CT molecular complexity index is 517. The molecule has 0 spiro atoms. The van der Waals surface area contributed by atoms with Crippen LogP contribution in [0, 0.1) is 5.41 Å². The summed E-state index contributed by atoms with van der Waals surface area (Å²) in [5.74, 6) is -1.62. The van der Waals surface area contributed by atoms with E-state index < -0.39 is 32.1 Å². The molecule has 8 heteroatoms. The fourth-order valence-corrected chi connectivity index (χ4v) is 4.00. The Labute approximate surface area is 111 Å². The van der Waals surface area contributed by atoms with Crippen LogP contribution < -0.4 is 0 Å². The SMILES string of the molecule is CC1(C)C(=O)N(CC2(C(=O)O)CCOCC2)S1(=O)=O. The van der Waals surface area contributed by atoms with E-state index in [-0.39, 0.29) is 32.6 Å². The first-order valence-corrected chi connectivity index (χ1v) is 7.47. The number of carboxylic acids is 1. The maximum Gasteiger partial charge on any atom is 0.311 e. The Balaban J connectivity index is 2.25. The van der Waals surface area contributed by atoms with Crippen molar-refractivity contribution in [3.8, 4) is 0 Å². The van der Waals surface area contributed by atoms with E-state index in [1.54, 1.807) is 0 Å². The van der Waals surface area contributed by atoms with Crippen LogP contribution in [0.5, 0.6) is 0 Å². The average molecular weight is 291 g/mol. The number of hydrogen-bond acceptors (Lipinski definition) is 5. The first-order chi connectivity index (χ1) is 8.65. The lowest BCUT2D eigenvalue weighted by atomic mass is 9.80. The number of carbonyl (C=O) groups excluding carboxylic acids is 1. The van der Waals surface area contributed by atoms with Crippen molar-refractivity contribution < 1.29 is 27.9 Å². The lowest BCUT2D eigenvalue weighted by molar-refractivity contribution is -0.157. The quantitative estimate of drug-likeness (QED) is 0.774. The van der Waals surface area contributed by atoms with E-state index in [0.717, 1.165) is 0 Å². The third kappa shape index (κ3) is 1.85. The van der Waals surface area contributed by atoms with E-state index in [2.05, 4.69) is 0 Å². The smallest absolute Gasteiger partial charge is 0.311 e. The molecule has 2 aliphatic heterocycles. The Kier molecular flexibility index (Phi) is 3.13. The molecule has 7 nitrogen and oxygen atoms in total. The maximum absolute atomic E-state index is 12.0. The van der Waals surface area contributed by atoms with E-state index >= 15 is 0 Å². The minimum atomic E-state index is -3.74. The Morgan fingerprint density at radius 1 is 1.37 bits per heavy atom. The molecule has 1 amide bonds. The summed E-state index contributed by atoms with van der Waals surface area (Å²) in [6.07, 6.45) is 0.421. The fourth-order valence-electron chi connectivity index (χ4n) is 2.39. The molecule has 0 atom stereocenters. The van der Waals surface area contributed by atoms with Crippen molar-refractivity contribution in [3.05, 3.63) is 0 Å². The molecule has 2 fully saturated rings. The van der Waals surface area contributed by atoms with Crippen molar-refractivity contribution in [2.45, 2.75) is 31.4 Å². The van der Waals surface area contributed by atoms with Gasteiger partial charge < -0.3 is 9.84 Å². The van der Waals surface area contributed by atoms with Crippen LogP contribution in [0.2, 0.25) is 0 Å². The predicted molar refractivity (Wildman–Crippen MR) is 64.8 cm³/mol. The van der Waals surface area contributed by atoms with Gasteiger partial charge in [-0.25, -0.2) is 12.7 Å². The Morgan fingerprint density at radius 3 is 2.32 bits per heavy atom. The molecule has 0 unspecified atom stereocenters. The number of aliphatic carboxylic acids is 1. The fraction of sp³-hybridized carbons (Fsp3) is 0.818. The van der Waals surface area contributed by atoms with Crippen LogP contribution in [-0.4, -0.2) is 54.2 Å². The van der Waals surface area contributed by atoms with Gasteiger partial charge >= 0.3 is 5.97 Å². The van der Waals surface area contributed by atoms with Gasteiger partial charge in [-0.2, -0.15) is 0 Å². The summed E-state index contributed by atoms with van der Waals surface area (Å²) in [6.45, 7) is 2.89. The summed E-state index contributed by atoms with van der Waals surface area (Å²) in [6, 6.07) is 0. The van der Waals surface area contributed by atoms with Gasteiger partial charge in [-0.3, -0.25) is 9.59 Å². The van der Waals surface area contributed by atoms with Gasteiger partial charge in [-0.15, -0.1) is 0 Å². The molecule has 0 aliphatic carbocycles. The summed E-state index contributed by atoms with van der Waals surface area (Å²) in [7, 11) is -3.74. The van der Waals surface area contributed by atoms with Crippen molar-refractivity contribution in [2.24, 2.45) is 5.41 Å². The molecule has 19 heavy (non-hydrogen) atoms. The zero-order chi connectivity index (χ0) is 14.5. The molecule has 0 aromatic carbocycles. The standard InChI is InChI=1S/C11H17NO6S/c1-10(2)8(13)12(19(10,16)17)7-11(9(14)15)3-5-18-6-4-11/h3-7H2,1-2H3,(H,14,15). The average Bonchev–Trinajstić information content (AvgIpc) is 2.35. The normalized spacial score (nSPS) is 27.7. The minimum absolute atomic E-state index is 0.210. The first kappa shape index (κ1) is 14.3. The highest BCUT2D eigenvalue weighted by atomic mass is 32.2. The highest BCUT2D eigenvalue weighted by molar-refractivity contribution is 7.94. The molecular formula is C11H17NO6S. The van der Waals surface area contributed by atoms with E-state index in [9.17, 15) is 23.1 Å². The van der Waals surface area contributed by atoms with Crippen molar-refractivity contribution in [3.63, 3.8) is 0 Å². The number of rotatable bonds is 3. The van der Waals surface area contributed by atoms with Crippen LogP contribution in [0.1, 0.15) is 26.7 Å². The Hall–Kier alpha value is -1.15. The van der Waals surface area contributed by atoms with Crippen LogP contribution in [0.15, 0.2) is 0 Å². The largest absolute Gasteiger partial charge is 0.481 e. The number of ether oxygens (including phenoxy) is 1. The lowest BCUT2D eigenvalue weighted by Crippen LogP contribution is -2.69. The van der Waals surface area contributed by atoms with E-state index in [0.29, 0.717) is 4.31 Å². The van der Waals surface area contributed by atoms with Gasteiger partial charge in [-0.1, -0.05) is 0 Å². The molecule has 2 aliphatic rings.